The summed E-state index contributed by atoms with van der Waals surface area (Å²) in [5, 5.41) is 10.7. The minimum atomic E-state index is -3.91. The Labute approximate surface area is 150 Å². The van der Waals surface area contributed by atoms with E-state index in [4.69, 9.17) is 0 Å². The number of hydrogen-bond donors (Lipinski definition) is 1. The highest BCUT2D eigenvalue weighted by molar-refractivity contribution is 7.92. The summed E-state index contributed by atoms with van der Waals surface area (Å²) in [5.41, 5.74) is 0.478. The van der Waals surface area contributed by atoms with Gasteiger partial charge in [-0.3, -0.25) is 19.6 Å². The van der Waals surface area contributed by atoms with Crippen LogP contribution in [0, 0.1) is 10.1 Å². The van der Waals surface area contributed by atoms with Gasteiger partial charge in [0.1, 0.15) is 0 Å². The van der Waals surface area contributed by atoms with Crippen LogP contribution in [-0.2, 0) is 10.0 Å². The van der Waals surface area contributed by atoms with Gasteiger partial charge in [0.15, 0.2) is 0 Å². The lowest BCUT2D eigenvalue weighted by atomic mass is 10.2. The quantitative estimate of drug-likeness (QED) is 0.638. The minimum absolute atomic E-state index is 0.0978. The Hall–Kier alpha value is -2.94. The fraction of sp³-hybridized carbons (Fsp3) is 0.235. The summed E-state index contributed by atoms with van der Waals surface area (Å²) in [4.78, 5) is 24.1. The van der Waals surface area contributed by atoms with Gasteiger partial charge in [-0.05, 0) is 43.2 Å². The van der Waals surface area contributed by atoms with Gasteiger partial charge in [-0.25, -0.2) is 8.42 Å². The average molecular weight is 375 g/mol. The number of benzene rings is 2. The number of likely N-dealkylation sites (tertiary alicyclic amines) is 1. The Kier molecular flexibility index (Phi) is 4.90. The molecule has 2 aromatic rings. The summed E-state index contributed by atoms with van der Waals surface area (Å²) < 4.78 is 27.3. The van der Waals surface area contributed by atoms with Crippen LogP contribution in [0.15, 0.2) is 53.4 Å². The van der Waals surface area contributed by atoms with E-state index < -0.39 is 14.9 Å². The third-order valence-electron chi connectivity index (χ3n) is 4.11. The number of rotatable bonds is 5. The molecule has 0 atom stereocenters. The van der Waals surface area contributed by atoms with Crippen molar-refractivity contribution in [2.24, 2.45) is 0 Å². The number of amides is 1. The number of hydrogen-bond acceptors (Lipinski definition) is 5. The van der Waals surface area contributed by atoms with E-state index in [0.717, 1.165) is 25.0 Å². The molecule has 8 nitrogen and oxygen atoms in total. The van der Waals surface area contributed by atoms with Crippen molar-refractivity contribution in [3.8, 4) is 0 Å². The molecule has 0 unspecified atom stereocenters. The Morgan fingerprint density at radius 2 is 1.73 bits per heavy atom. The second-order valence-electron chi connectivity index (χ2n) is 5.94. The maximum atomic E-state index is 12.4. The maximum Gasteiger partial charge on any atom is 0.269 e. The number of carbonyl (C=O) groups is 1. The van der Waals surface area contributed by atoms with E-state index in [2.05, 4.69) is 4.72 Å². The Balaban J connectivity index is 1.80. The van der Waals surface area contributed by atoms with Crippen LogP contribution in [0.4, 0.5) is 11.4 Å². The van der Waals surface area contributed by atoms with Gasteiger partial charge in [0, 0.05) is 36.5 Å². The molecule has 9 heteroatoms. The largest absolute Gasteiger partial charge is 0.339 e. The molecular formula is C17H17N3O5S. The molecule has 0 aliphatic carbocycles. The van der Waals surface area contributed by atoms with E-state index in [1.807, 2.05) is 0 Å². The molecule has 1 aliphatic rings. The zero-order valence-electron chi connectivity index (χ0n) is 13.8. The number of nitro benzene ring substituents is 1. The monoisotopic (exact) mass is 375 g/mol. The van der Waals surface area contributed by atoms with Gasteiger partial charge in [-0.1, -0.05) is 6.07 Å². The van der Waals surface area contributed by atoms with Crippen molar-refractivity contribution in [2.75, 3.05) is 17.8 Å². The lowest BCUT2D eigenvalue weighted by Gasteiger charge is -2.16. The number of carbonyl (C=O) groups excluding carboxylic acids is 1. The molecule has 2 aromatic carbocycles. The van der Waals surface area contributed by atoms with Gasteiger partial charge < -0.3 is 4.90 Å². The molecule has 1 saturated heterocycles. The summed E-state index contributed by atoms with van der Waals surface area (Å²) in [6.45, 7) is 1.41. The van der Waals surface area contributed by atoms with Crippen molar-refractivity contribution in [1.82, 2.24) is 4.90 Å². The van der Waals surface area contributed by atoms with Crippen LogP contribution in [-0.4, -0.2) is 37.2 Å². The second kappa shape index (κ2) is 7.12. The molecule has 0 aromatic heterocycles. The molecule has 1 N–H and O–H groups in total. The standard InChI is InChI=1S/C17H17N3O5S/c21-17(19-10-1-2-11-19)13-4-3-5-14(12-13)18-26(24,25)16-8-6-15(7-9-16)20(22)23/h3-9,12,18H,1-2,10-11H2. The number of anilines is 1. The fourth-order valence-corrected chi connectivity index (χ4v) is 3.83. The second-order valence-corrected chi connectivity index (χ2v) is 7.62. The molecule has 0 bridgehead atoms. The summed E-state index contributed by atoms with van der Waals surface area (Å²) in [5.74, 6) is -0.126. The van der Waals surface area contributed by atoms with Crippen molar-refractivity contribution in [2.45, 2.75) is 17.7 Å². The molecule has 0 spiro atoms. The smallest absolute Gasteiger partial charge is 0.269 e. The van der Waals surface area contributed by atoms with E-state index in [1.54, 1.807) is 23.1 Å². The van der Waals surface area contributed by atoms with Gasteiger partial charge in [-0.2, -0.15) is 0 Å². The van der Waals surface area contributed by atoms with Crippen LogP contribution < -0.4 is 4.72 Å². The Morgan fingerprint density at radius 1 is 1.08 bits per heavy atom. The summed E-state index contributed by atoms with van der Waals surface area (Å²) in [7, 11) is -3.91. The molecule has 1 amide bonds. The normalized spacial score (nSPS) is 14.2. The van der Waals surface area contributed by atoms with Crippen molar-refractivity contribution >= 4 is 27.3 Å². The highest BCUT2D eigenvalue weighted by Gasteiger charge is 2.21. The van der Waals surface area contributed by atoms with Crippen LogP contribution in [0.5, 0.6) is 0 Å². The van der Waals surface area contributed by atoms with E-state index in [1.165, 1.54) is 18.2 Å². The first-order valence-corrected chi connectivity index (χ1v) is 9.52. The predicted octanol–water partition coefficient (Wildman–Crippen LogP) is 2.63. The van der Waals surface area contributed by atoms with Crippen LogP contribution in [0.3, 0.4) is 0 Å². The third kappa shape index (κ3) is 3.83. The maximum absolute atomic E-state index is 12.4. The first-order chi connectivity index (χ1) is 12.4. The highest BCUT2D eigenvalue weighted by Crippen LogP contribution is 2.21. The van der Waals surface area contributed by atoms with Crippen molar-refractivity contribution in [1.29, 1.82) is 0 Å². The lowest BCUT2D eigenvalue weighted by molar-refractivity contribution is -0.384. The lowest BCUT2D eigenvalue weighted by Crippen LogP contribution is -2.27. The van der Waals surface area contributed by atoms with Crippen molar-refractivity contribution in [3.05, 3.63) is 64.2 Å². The molecule has 1 fully saturated rings. The summed E-state index contributed by atoms with van der Waals surface area (Å²) in [6, 6.07) is 10.9. The number of non-ortho nitro benzene ring substituents is 1. The first kappa shape index (κ1) is 17.9. The zero-order chi connectivity index (χ0) is 18.7. The van der Waals surface area contributed by atoms with Gasteiger partial charge in [0.25, 0.3) is 21.6 Å². The van der Waals surface area contributed by atoms with Gasteiger partial charge in [-0.15, -0.1) is 0 Å². The molecular weight excluding hydrogens is 358 g/mol. The van der Waals surface area contributed by atoms with Crippen LogP contribution >= 0.6 is 0 Å². The van der Waals surface area contributed by atoms with E-state index >= 15 is 0 Å². The van der Waals surface area contributed by atoms with Crippen molar-refractivity contribution in [3.63, 3.8) is 0 Å². The third-order valence-corrected chi connectivity index (χ3v) is 5.51. The Bertz CT molecular complexity index is 935. The number of sulfonamides is 1. The van der Waals surface area contributed by atoms with E-state index in [-0.39, 0.29) is 22.2 Å². The molecule has 136 valence electrons. The molecule has 1 heterocycles. The number of nitro groups is 1. The zero-order valence-corrected chi connectivity index (χ0v) is 14.6. The van der Waals surface area contributed by atoms with Gasteiger partial charge in [0.05, 0.1) is 9.82 Å². The predicted molar refractivity (Wildman–Crippen MR) is 95.5 cm³/mol. The van der Waals surface area contributed by atoms with Crippen molar-refractivity contribution < 1.29 is 18.1 Å². The van der Waals surface area contributed by atoms with Gasteiger partial charge >= 0.3 is 0 Å². The topological polar surface area (TPSA) is 110 Å². The summed E-state index contributed by atoms with van der Waals surface area (Å²) >= 11 is 0. The summed E-state index contributed by atoms with van der Waals surface area (Å²) in [6.07, 6.45) is 1.94. The average Bonchev–Trinajstić information content (AvgIpc) is 3.15. The fourth-order valence-electron chi connectivity index (χ4n) is 2.78. The molecule has 0 saturated carbocycles. The molecule has 26 heavy (non-hydrogen) atoms. The minimum Gasteiger partial charge on any atom is -0.339 e. The van der Waals surface area contributed by atoms with E-state index in [9.17, 15) is 23.3 Å². The van der Waals surface area contributed by atoms with E-state index in [0.29, 0.717) is 18.7 Å². The molecule has 1 aliphatic heterocycles. The van der Waals surface area contributed by atoms with Gasteiger partial charge in [0.2, 0.25) is 0 Å². The number of nitrogens with one attached hydrogen (secondary N) is 1. The van der Waals surface area contributed by atoms with Crippen LogP contribution in [0.25, 0.3) is 0 Å². The number of nitrogens with zero attached hydrogens (tertiary/aromatic N) is 2. The highest BCUT2D eigenvalue weighted by atomic mass is 32.2. The molecule has 0 radical (unpaired) electrons. The van der Waals surface area contributed by atoms with Crippen LogP contribution in [0.1, 0.15) is 23.2 Å². The molecule has 3 rings (SSSR count). The Morgan fingerprint density at radius 3 is 2.35 bits per heavy atom. The van der Waals surface area contributed by atoms with Crippen LogP contribution in [0.2, 0.25) is 0 Å². The first-order valence-electron chi connectivity index (χ1n) is 8.03. The SMILES string of the molecule is O=C(c1cccc(NS(=O)(=O)c2ccc([N+](=O)[O-])cc2)c1)N1CCCC1.